The average molecular weight is 719 g/mol. The lowest BCUT2D eigenvalue weighted by molar-refractivity contribution is 0.582. The molecule has 1 aliphatic carbocycles. The average Bonchev–Trinajstić information content (AvgIpc) is 3.96. The van der Waals surface area contributed by atoms with Crippen LogP contribution in [0.25, 0.3) is 56.9 Å². The van der Waals surface area contributed by atoms with E-state index < -0.39 is 5.41 Å². The highest BCUT2D eigenvalue weighted by atomic mass is 16.4. The van der Waals surface area contributed by atoms with Gasteiger partial charge in [0.05, 0.1) is 5.41 Å². The van der Waals surface area contributed by atoms with Crippen LogP contribution in [0.2, 0.25) is 0 Å². The Morgan fingerprint density at radius 2 is 0.655 bits per heavy atom. The van der Waals surface area contributed by atoms with E-state index in [-0.39, 0.29) is 10.8 Å². The van der Waals surface area contributed by atoms with E-state index in [1.807, 2.05) is 24.3 Å². The van der Waals surface area contributed by atoms with Gasteiger partial charge in [0.2, 0.25) is 23.6 Å². The molecule has 0 radical (unpaired) electrons. The Hall–Kier alpha value is -6.40. The number of benzene rings is 6. The van der Waals surface area contributed by atoms with Crippen LogP contribution in [0.3, 0.4) is 0 Å². The van der Waals surface area contributed by atoms with Gasteiger partial charge in [-0.3, -0.25) is 0 Å². The van der Waals surface area contributed by atoms with Crippen molar-refractivity contribution in [2.24, 2.45) is 0 Å². The predicted octanol–water partition coefficient (Wildman–Crippen LogP) is 12.1. The van der Waals surface area contributed by atoms with Gasteiger partial charge in [-0.25, -0.2) is 0 Å². The molecule has 0 aliphatic heterocycles. The van der Waals surface area contributed by atoms with Crippen molar-refractivity contribution >= 4 is 0 Å². The number of rotatable bonds is 6. The molecule has 6 heteroatoms. The van der Waals surface area contributed by atoms with Crippen molar-refractivity contribution in [3.63, 3.8) is 0 Å². The van der Waals surface area contributed by atoms with E-state index in [0.29, 0.717) is 23.6 Å². The predicted molar refractivity (Wildman–Crippen MR) is 219 cm³/mol. The summed E-state index contributed by atoms with van der Waals surface area (Å²) in [5, 5.41) is 17.7. The molecule has 8 aromatic rings. The zero-order chi connectivity index (χ0) is 38.0. The molecule has 0 bridgehead atoms. The summed E-state index contributed by atoms with van der Waals surface area (Å²) in [7, 11) is 0. The molecule has 55 heavy (non-hydrogen) atoms. The van der Waals surface area contributed by atoms with Crippen LogP contribution in [0.1, 0.15) is 74.9 Å². The van der Waals surface area contributed by atoms with Crippen LogP contribution < -0.4 is 0 Å². The van der Waals surface area contributed by atoms with Gasteiger partial charge in [0.1, 0.15) is 0 Å². The van der Waals surface area contributed by atoms with Gasteiger partial charge in [-0.05, 0) is 104 Å². The summed E-state index contributed by atoms with van der Waals surface area (Å²) in [6.45, 7) is 13.2. The van der Waals surface area contributed by atoms with Crippen molar-refractivity contribution in [2.75, 3.05) is 0 Å². The van der Waals surface area contributed by atoms with Crippen molar-refractivity contribution in [3.8, 4) is 56.9 Å². The van der Waals surface area contributed by atoms with Gasteiger partial charge in [-0.2, -0.15) is 0 Å². The number of hydrogen-bond acceptors (Lipinski definition) is 6. The van der Waals surface area contributed by atoms with Crippen LogP contribution >= 0.6 is 0 Å². The fraction of sp³-hybridized carbons (Fsp3) is 0.184. The van der Waals surface area contributed by atoms with Crippen LogP contribution in [0.4, 0.5) is 0 Å². The molecule has 6 aromatic carbocycles. The molecule has 6 nitrogen and oxygen atoms in total. The topological polar surface area (TPSA) is 77.8 Å². The molecule has 270 valence electrons. The highest BCUT2D eigenvalue weighted by molar-refractivity contribution is 5.86. The maximum Gasteiger partial charge on any atom is 0.248 e. The van der Waals surface area contributed by atoms with Gasteiger partial charge in [0.25, 0.3) is 0 Å². The van der Waals surface area contributed by atoms with Crippen LogP contribution in [-0.4, -0.2) is 20.4 Å². The number of hydrogen-bond donors (Lipinski definition) is 0. The summed E-state index contributed by atoms with van der Waals surface area (Å²) >= 11 is 0. The maximum atomic E-state index is 6.23. The molecular weight excluding hydrogens is 677 g/mol. The summed E-state index contributed by atoms with van der Waals surface area (Å²) in [6.07, 6.45) is 0. The highest BCUT2D eigenvalue weighted by Gasteiger charge is 2.46. The molecule has 0 unspecified atom stereocenters. The van der Waals surface area contributed by atoms with E-state index in [2.05, 4.69) is 183 Å². The SMILES string of the molecule is CC(C)(C)c1ccc(-c2nnc(-c3ccc(C4(c5ccc(-c6nnc(-c7ccc(C(C)(C)C)cc7)o6)cc5)c5ccccc5-c5ccccc54)cc3)o2)cc1. The van der Waals surface area contributed by atoms with E-state index in [9.17, 15) is 0 Å². The zero-order valence-electron chi connectivity index (χ0n) is 32.0. The lowest BCUT2D eigenvalue weighted by atomic mass is 9.67. The number of fused-ring (bicyclic) bond motifs is 3. The fourth-order valence-electron chi connectivity index (χ4n) is 7.89. The smallest absolute Gasteiger partial charge is 0.248 e. The molecule has 2 heterocycles. The summed E-state index contributed by atoms with van der Waals surface area (Å²) in [6, 6.07) is 51.3. The first-order valence-electron chi connectivity index (χ1n) is 18.8. The van der Waals surface area contributed by atoms with Crippen LogP contribution in [0.5, 0.6) is 0 Å². The number of aromatic nitrogens is 4. The maximum absolute atomic E-state index is 6.23. The monoisotopic (exact) mass is 718 g/mol. The van der Waals surface area contributed by atoms with Gasteiger partial charge < -0.3 is 8.83 Å². The summed E-state index contributed by atoms with van der Waals surface area (Å²) in [5.74, 6) is 1.97. The fourth-order valence-corrected chi connectivity index (χ4v) is 7.89. The van der Waals surface area contributed by atoms with Crippen LogP contribution in [0, 0.1) is 0 Å². The van der Waals surface area contributed by atoms with Crippen LogP contribution in [-0.2, 0) is 16.2 Å². The molecule has 0 atom stereocenters. The van der Waals surface area contributed by atoms with Crippen molar-refractivity contribution in [1.29, 1.82) is 0 Å². The minimum absolute atomic E-state index is 0.0674. The minimum Gasteiger partial charge on any atom is -0.416 e. The second-order valence-electron chi connectivity index (χ2n) is 16.5. The Balaban J connectivity index is 1.08. The molecule has 0 spiro atoms. The van der Waals surface area contributed by atoms with Crippen LogP contribution in [0.15, 0.2) is 154 Å². The Labute approximate surface area is 322 Å². The largest absolute Gasteiger partial charge is 0.416 e. The third-order valence-corrected chi connectivity index (χ3v) is 10.9. The highest BCUT2D eigenvalue weighted by Crippen LogP contribution is 2.56. The van der Waals surface area contributed by atoms with Crippen molar-refractivity contribution < 1.29 is 8.83 Å². The first-order valence-corrected chi connectivity index (χ1v) is 18.8. The molecule has 0 N–H and O–H groups in total. The number of nitrogens with zero attached hydrogens (tertiary/aromatic N) is 4. The minimum atomic E-state index is -0.576. The Kier molecular flexibility index (Phi) is 8.05. The quantitative estimate of drug-likeness (QED) is 0.170. The molecule has 1 aliphatic rings. The first kappa shape index (κ1) is 34.4. The van der Waals surface area contributed by atoms with Crippen molar-refractivity contribution in [1.82, 2.24) is 20.4 Å². The molecule has 2 aromatic heterocycles. The lowest BCUT2D eigenvalue weighted by Gasteiger charge is -2.34. The molecular formula is C49H42N4O2. The zero-order valence-corrected chi connectivity index (χ0v) is 32.0. The third-order valence-electron chi connectivity index (χ3n) is 10.9. The van der Waals surface area contributed by atoms with Gasteiger partial charge in [0.15, 0.2) is 0 Å². The van der Waals surface area contributed by atoms with Gasteiger partial charge in [-0.1, -0.05) is 139 Å². The molecule has 0 amide bonds. The summed E-state index contributed by atoms with van der Waals surface area (Å²) < 4.78 is 12.5. The Bertz CT molecular complexity index is 2450. The standard InChI is InChI=1S/C49H42N4O2/c1-47(2,3)35-23-15-31(16-24-35)43-50-52-45(54-43)33-19-27-37(28-20-33)49(41-13-9-7-11-39(41)40-12-8-10-14-42(40)49)38-29-21-34(22-30-38)46-53-51-44(55-46)32-17-25-36(26-18-32)48(4,5)6/h7-30H,1-6H3. The van der Waals surface area contributed by atoms with Gasteiger partial charge in [-0.15, -0.1) is 20.4 Å². The third kappa shape index (κ3) is 5.89. The van der Waals surface area contributed by atoms with E-state index >= 15 is 0 Å². The molecule has 0 saturated heterocycles. The van der Waals surface area contributed by atoms with E-state index in [0.717, 1.165) is 33.4 Å². The molecule has 0 saturated carbocycles. The van der Waals surface area contributed by atoms with E-state index in [4.69, 9.17) is 8.83 Å². The lowest BCUT2D eigenvalue weighted by Crippen LogP contribution is -2.28. The molecule has 0 fully saturated rings. The molecule has 9 rings (SSSR count). The van der Waals surface area contributed by atoms with Gasteiger partial charge in [0, 0.05) is 22.3 Å². The van der Waals surface area contributed by atoms with Gasteiger partial charge >= 0.3 is 0 Å². The second kappa shape index (κ2) is 12.9. The Morgan fingerprint density at radius 3 is 0.964 bits per heavy atom. The Morgan fingerprint density at radius 1 is 0.364 bits per heavy atom. The van der Waals surface area contributed by atoms with Crippen molar-refractivity contribution in [2.45, 2.75) is 57.8 Å². The second-order valence-corrected chi connectivity index (χ2v) is 16.5. The first-order chi connectivity index (χ1) is 26.5. The normalized spacial score (nSPS) is 13.4. The van der Waals surface area contributed by atoms with E-state index in [1.165, 1.54) is 33.4 Å². The van der Waals surface area contributed by atoms with Crippen molar-refractivity contribution in [3.05, 3.63) is 179 Å². The summed E-state index contributed by atoms with van der Waals surface area (Å²) in [4.78, 5) is 0. The summed E-state index contributed by atoms with van der Waals surface area (Å²) in [5.41, 5.74) is 12.8. The van der Waals surface area contributed by atoms with E-state index in [1.54, 1.807) is 0 Å².